The molecule has 2 aliphatic heterocycles. The fourth-order valence-electron chi connectivity index (χ4n) is 12.6. The standard InChI is InChI=1S/C72H139NO13/c1-3-5-7-9-11-13-15-17-19-21-23-25-27-29-30-32-34-36-38-40-42-44-46-48-50-52-54-56-64(77)73-60(59-83-71-69(82)67(80)70(63(58-75)85-71)86-72-68(81)66(79)65(78)62(57-74)84-72)61(76)55-53-51-49-47-45-43-41-39-37-35-33-31-28-26-24-22-20-18-16-14-12-10-8-6-4-2/h53,55,60-63,65-72,74-76,78-82H,3-52,54,56-59H2,1-2H3,(H,73,77)/b55-53+. The number of amides is 1. The second kappa shape index (κ2) is 57.6. The smallest absolute Gasteiger partial charge is 0.220 e. The van der Waals surface area contributed by atoms with Gasteiger partial charge in [-0.3, -0.25) is 4.79 Å². The maximum Gasteiger partial charge on any atom is 0.220 e. The summed E-state index contributed by atoms with van der Waals surface area (Å²) in [7, 11) is 0. The van der Waals surface area contributed by atoms with Crippen molar-refractivity contribution >= 4 is 5.91 Å². The summed E-state index contributed by atoms with van der Waals surface area (Å²) in [5.41, 5.74) is 0. The molecule has 14 heteroatoms. The molecule has 0 aliphatic carbocycles. The van der Waals surface area contributed by atoms with Crippen LogP contribution in [0.3, 0.4) is 0 Å². The molecule has 9 N–H and O–H groups in total. The molecule has 86 heavy (non-hydrogen) atoms. The van der Waals surface area contributed by atoms with E-state index in [2.05, 4.69) is 19.2 Å². The number of ether oxygens (including phenoxy) is 4. The van der Waals surface area contributed by atoms with Gasteiger partial charge in [-0.15, -0.1) is 0 Å². The number of rotatable bonds is 62. The second-order valence-electron chi connectivity index (χ2n) is 26.4. The van der Waals surface area contributed by atoms with Gasteiger partial charge in [0, 0.05) is 6.42 Å². The molecule has 2 aliphatic rings. The molecular weight excluding hydrogens is 1090 g/mol. The van der Waals surface area contributed by atoms with Gasteiger partial charge in [0.25, 0.3) is 0 Å². The lowest BCUT2D eigenvalue weighted by Gasteiger charge is -2.46. The highest BCUT2D eigenvalue weighted by atomic mass is 16.7. The number of unbranched alkanes of at least 4 members (excludes halogenated alkanes) is 49. The fraction of sp³-hybridized carbons (Fsp3) is 0.958. The lowest BCUT2D eigenvalue weighted by Crippen LogP contribution is -2.65. The number of hydrogen-bond acceptors (Lipinski definition) is 13. The van der Waals surface area contributed by atoms with E-state index in [4.69, 9.17) is 18.9 Å². The van der Waals surface area contributed by atoms with Gasteiger partial charge in [-0.2, -0.15) is 0 Å². The molecule has 14 nitrogen and oxygen atoms in total. The minimum absolute atomic E-state index is 0.230. The zero-order chi connectivity index (χ0) is 62.3. The third kappa shape index (κ3) is 41.3. The van der Waals surface area contributed by atoms with Gasteiger partial charge in [0.1, 0.15) is 48.8 Å². The third-order valence-electron chi connectivity index (χ3n) is 18.5. The van der Waals surface area contributed by atoms with Crippen LogP contribution in [0.25, 0.3) is 0 Å². The highest BCUT2D eigenvalue weighted by molar-refractivity contribution is 5.76. The average molecular weight is 1230 g/mol. The number of aliphatic hydroxyl groups excluding tert-OH is 8. The summed E-state index contributed by atoms with van der Waals surface area (Å²) in [5.74, 6) is -0.230. The van der Waals surface area contributed by atoms with Crippen molar-refractivity contribution in [2.45, 2.75) is 421 Å². The van der Waals surface area contributed by atoms with Crippen molar-refractivity contribution in [3.8, 4) is 0 Å². The Morgan fingerprint density at radius 2 is 0.721 bits per heavy atom. The van der Waals surface area contributed by atoms with Gasteiger partial charge >= 0.3 is 0 Å². The maximum absolute atomic E-state index is 13.3. The van der Waals surface area contributed by atoms with Crippen LogP contribution in [0.1, 0.15) is 348 Å². The van der Waals surface area contributed by atoms with Crippen LogP contribution in [0.2, 0.25) is 0 Å². The van der Waals surface area contributed by atoms with Crippen LogP contribution in [-0.4, -0.2) is 140 Å². The van der Waals surface area contributed by atoms with Crippen molar-refractivity contribution in [1.29, 1.82) is 0 Å². The van der Waals surface area contributed by atoms with E-state index in [1.54, 1.807) is 6.08 Å². The summed E-state index contributed by atoms with van der Waals surface area (Å²) in [5, 5.41) is 87.5. The molecule has 1 amide bonds. The second-order valence-corrected chi connectivity index (χ2v) is 26.4. The highest BCUT2D eigenvalue weighted by Crippen LogP contribution is 2.30. The van der Waals surface area contributed by atoms with Gasteiger partial charge in [-0.25, -0.2) is 0 Å². The SMILES string of the molecule is CCCCCCCCCCCCCCCCCCCCCCCCC/C=C/C(O)C(COC1OC(CO)C(OC2OC(CO)C(O)C(O)C2O)C(O)C1O)NC(=O)CCCCCCCCCCCCCCCCCCCCCCCCCCCCC. The summed E-state index contributed by atoms with van der Waals surface area (Å²) in [4.78, 5) is 13.3. The van der Waals surface area contributed by atoms with Crippen LogP contribution in [0.15, 0.2) is 12.2 Å². The molecule has 2 rings (SSSR count). The molecule has 0 spiro atoms. The first-order valence-electron chi connectivity index (χ1n) is 36.9. The molecule has 12 atom stereocenters. The molecule has 2 fully saturated rings. The maximum atomic E-state index is 13.3. The molecule has 2 heterocycles. The number of carbonyl (C=O) groups is 1. The van der Waals surface area contributed by atoms with Gasteiger partial charge < -0.3 is 65.1 Å². The van der Waals surface area contributed by atoms with Gasteiger partial charge in [-0.1, -0.05) is 334 Å². The zero-order valence-corrected chi connectivity index (χ0v) is 55.6. The van der Waals surface area contributed by atoms with E-state index in [0.29, 0.717) is 0 Å². The van der Waals surface area contributed by atoms with Crippen molar-refractivity contribution in [2.75, 3.05) is 19.8 Å². The van der Waals surface area contributed by atoms with E-state index < -0.39 is 86.8 Å². The molecule has 510 valence electrons. The Hall–Kier alpha value is -1.27. The van der Waals surface area contributed by atoms with E-state index in [1.807, 2.05) is 6.08 Å². The van der Waals surface area contributed by atoms with E-state index in [-0.39, 0.29) is 18.9 Å². The largest absolute Gasteiger partial charge is 0.394 e. The molecule has 0 aromatic carbocycles. The summed E-state index contributed by atoms with van der Waals surface area (Å²) in [6.07, 6.45) is 54.2. The first-order valence-corrected chi connectivity index (χ1v) is 36.9. The van der Waals surface area contributed by atoms with Crippen LogP contribution < -0.4 is 5.32 Å². The van der Waals surface area contributed by atoms with Crippen molar-refractivity contribution in [1.82, 2.24) is 5.32 Å². The topological polar surface area (TPSA) is 228 Å². The zero-order valence-electron chi connectivity index (χ0n) is 55.6. The predicted octanol–water partition coefficient (Wildman–Crippen LogP) is 15.4. The van der Waals surface area contributed by atoms with Crippen molar-refractivity contribution in [3.05, 3.63) is 12.2 Å². The lowest BCUT2D eigenvalue weighted by atomic mass is 9.97. The molecule has 0 aromatic heterocycles. The number of aliphatic hydroxyl groups is 8. The number of hydrogen-bond donors (Lipinski definition) is 9. The van der Waals surface area contributed by atoms with Crippen molar-refractivity contribution in [3.63, 3.8) is 0 Å². The van der Waals surface area contributed by atoms with Crippen LogP contribution in [0.4, 0.5) is 0 Å². The van der Waals surface area contributed by atoms with Crippen molar-refractivity contribution in [2.24, 2.45) is 0 Å². The van der Waals surface area contributed by atoms with Crippen molar-refractivity contribution < 1.29 is 64.6 Å². The highest BCUT2D eigenvalue weighted by Gasteiger charge is 2.51. The Kier molecular flexibility index (Phi) is 54.1. The number of allylic oxidation sites excluding steroid dienone is 1. The Bertz CT molecular complexity index is 1490. The molecule has 0 bridgehead atoms. The van der Waals surface area contributed by atoms with Gasteiger partial charge in [-0.05, 0) is 19.3 Å². The molecule has 2 saturated heterocycles. The van der Waals surface area contributed by atoms with Gasteiger partial charge in [0.05, 0.1) is 32.0 Å². The molecule has 0 radical (unpaired) electrons. The molecular formula is C72H139NO13. The number of nitrogens with one attached hydrogen (secondary N) is 1. The van der Waals surface area contributed by atoms with Gasteiger partial charge in [0.15, 0.2) is 12.6 Å². The Labute approximate surface area is 526 Å². The molecule has 0 aromatic rings. The predicted molar refractivity (Wildman–Crippen MR) is 351 cm³/mol. The summed E-state index contributed by atoms with van der Waals surface area (Å²) in [6.45, 7) is 2.87. The molecule has 12 unspecified atom stereocenters. The van der Waals surface area contributed by atoms with Crippen LogP contribution in [-0.2, 0) is 23.7 Å². The first-order chi connectivity index (χ1) is 42.1. The van der Waals surface area contributed by atoms with Crippen LogP contribution in [0, 0.1) is 0 Å². The van der Waals surface area contributed by atoms with Gasteiger partial charge in [0.2, 0.25) is 5.91 Å². The summed E-state index contributed by atoms with van der Waals surface area (Å²) < 4.78 is 22.9. The minimum atomic E-state index is -1.79. The van der Waals surface area contributed by atoms with Crippen LogP contribution >= 0.6 is 0 Å². The lowest BCUT2D eigenvalue weighted by molar-refractivity contribution is -0.359. The van der Waals surface area contributed by atoms with E-state index >= 15 is 0 Å². The summed E-state index contributed by atoms with van der Waals surface area (Å²) in [6, 6.07) is -0.911. The minimum Gasteiger partial charge on any atom is -0.394 e. The fourth-order valence-corrected chi connectivity index (χ4v) is 12.6. The normalized spacial score (nSPS) is 23.4. The molecule has 0 saturated carbocycles. The number of carbonyl (C=O) groups excluding carboxylic acids is 1. The quantitative estimate of drug-likeness (QED) is 0.0204. The monoisotopic (exact) mass is 1230 g/mol. The average Bonchev–Trinajstić information content (AvgIpc) is 2.38. The van der Waals surface area contributed by atoms with E-state index in [9.17, 15) is 45.6 Å². The van der Waals surface area contributed by atoms with E-state index in [1.165, 1.54) is 283 Å². The third-order valence-corrected chi connectivity index (χ3v) is 18.5. The van der Waals surface area contributed by atoms with E-state index in [0.717, 1.165) is 44.9 Å². The Morgan fingerprint density at radius 1 is 0.407 bits per heavy atom. The Morgan fingerprint density at radius 3 is 1.07 bits per heavy atom. The first kappa shape index (κ1) is 80.8. The Balaban J connectivity index is 1.66. The van der Waals surface area contributed by atoms with Crippen LogP contribution in [0.5, 0.6) is 0 Å². The summed E-state index contributed by atoms with van der Waals surface area (Å²) >= 11 is 0.